The predicted octanol–water partition coefficient (Wildman–Crippen LogP) is 4.54. The molecule has 3 aromatic rings. The zero-order valence-electron chi connectivity index (χ0n) is 20.8. The fraction of sp³-hybridized carbons (Fsp3) is 0.393. The maximum Gasteiger partial charge on any atom is 0.217 e. The quantitative estimate of drug-likeness (QED) is 0.397. The number of aromatic nitrogens is 1. The highest BCUT2D eigenvalue weighted by Gasteiger charge is 2.22. The summed E-state index contributed by atoms with van der Waals surface area (Å²) in [5.74, 6) is -1.70. The summed E-state index contributed by atoms with van der Waals surface area (Å²) in [5, 5.41) is 16.8. The molecule has 2 atom stereocenters. The summed E-state index contributed by atoms with van der Waals surface area (Å²) >= 11 is 0. The largest absolute Gasteiger partial charge is 0.390 e. The molecule has 7 heteroatoms. The molecule has 0 aliphatic heterocycles. The van der Waals surface area contributed by atoms with E-state index in [-0.39, 0.29) is 24.3 Å². The Kier molecular flexibility index (Phi) is 8.81. The molecule has 0 saturated heterocycles. The van der Waals surface area contributed by atoms with Gasteiger partial charge in [-0.1, -0.05) is 26.8 Å². The Labute approximate surface area is 206 Å². The SMILES string of the molecule is CC(=O)NC(Cc1cc(F)cc(F)c1)C(O)CNCc1cc(-n2cccc2)ccc1CC(C)(C)C. The lowest BCUT2D eigenvalue weighted by molar-refractivity contribution is -0.120. The van der Waals surface area contributed by atoms with Gasteiger partial charge in [0.2, 0.25) is 5.91 Å². The Morgan fingerprint density at radius 1 is 1.03 bits per heavy atom. The van der Waals surface area contributed by atoms with Gasteiger partial charge in [0.05, 0.1) is 12.1 Å². The first-order valence-corrected chi connectivity index (χ1v) is 11.9. The standard InChI is InChI=1S/C28H35F2N3O2/c1-19(34)32-26(13-20-11-23(29)15-24(30)12-20)27(35)18-31-17-22-14-25(33-9-5-6-10-33)8-7-21(22)16-28(2,3)4/h5-12,14-15,26-27,31,35H,13,16-18H2,1-4H3,(H,32,34). The molecule has 3 N–H and O–H groups in total. The van der Waals surface area contributed by atoms with Gasteiger partial charge < -0.3 is 20.3 Å². The second kappa shape index (κ2) is 11.6. The van der Waals surface area contributed by atoms with Gasteiger partial charge in [0, 0.05) is 44.2 Å². The summed E-state index contributed by atoms with van der Waals surface area (Å²) in [7, 11) is 0. The second-order valence-corrected chi connectivity index (χ2v) is 10.3. The number of amides is 1. The summed E-state index contributed by atoms with van der Waals surface area (Å²) in [5.41, 5.74) is 3.88. The molecule has 0 spiro atoms. The van der Waals surface area contributed by atoms with E-state index < -0.39 is 23.8 Å². The van der Waals surface area contributed by atoms with E-state index in [9.17, 15) is 18.7 Å². The summed E-state index contributed by atoms with van der Waals surface area (Å²) in [4.78, 5) is 11.7. The maximum absolute atomic E-state index is 13.6. The van der Waals surface area contributed by atoms with Gasteiger partial charge in [-0.25, -0.2) is 8.78 Å². The number of benzene rings is 2. The molecule has 0 bridgehead atoms. The van der Waals surface area contributed by atoms with Gasteiger partial charge in [-0.15, -0.1) is 0 Å². The Bertz CT molecular complexity index is 1100. The predicted molar refractivity (Wildman–Crippen MR) is 134 cm³/mol. The van der Waals surface area contributed by atoms with E-state index in [1.165, 1.54) is 24.6 Å². The normalized spacial score (nSPS) is 13.5. The number of hydrogen-bond donors (Lipinski definition) is 3. The van der Waals surface area contributed by atoms with Crippen LogP contribution in [0.1, 0.15) is 44.4 Å². The fourth-order valence-corrected chi connectivity index (χ4v) is 4.21. The van der Waals surface area contributed by atoms with Gasteiger partial charge in [0.25, 0.3) is 0 Å². The zero-order chi connectivity index (χ0) is 25.6. The van der Waals surface area contributed by atoms with Crippen molar-refractivity contribution in [1.82, 2.24) is 15.2 Å². The molecule has 0 aliphatic carbocycles. The lowest BCUT2D eigenvalue weighted by Crippen LogP contribution is -2.48. The minimum atomic E-state index is -0.955. The number of carbonyl (C=O) groups is 1. The number of carbonyl (C=O) groups excluding carboxylic acids is 1. The van der Waals surface area contributed by atoms with E-state index in [4.69, 9.17) is 0 Å². The van der Waals surface area contributed by atoms with Gasteiger partial charge >= 0.3 is 0 Å². The van der Waals surface area contributed by atoms with Crippen LogP contribution in [0.15, 0.2) is 60.9 Å². The monoisotopic (exact) mass is 483 g/mol. The molecule has 0 radical (unpaired) electrons. The molecule has 35 heavy (non-hydrogen) atoms. The minimum absolute atomic E-state index is 0.107. The molecule has 188 valence electrons. The second-order valence-electron chi connectivity index (χ2n) is 10.3. The Morgan fingerprint density at radius 2 is 1.69 bits per heavy atom. The van der Waals surface area contributed by atoms with Crippen LogP contribution in [0.5, 0.6) is 0 Å². The highest BCUT2D eigenvalue weighted by molar-refractivity contribution is 5.73. The van der Waals surface area contributed by atoms with Crippen LogP contribution in [0.25, 0.3) is 5.69 Å². The summed E-state index contributed by atoms with van der Waals surface area (Å²) in [6, 6.07) is 12.9. The molecule has 0 saturated carbocycles. The van der Waals surface area contributed by atoms with Crippen LogP contribution >= 0.6 is 0 Å². The number of hydrogen-bond acceptors (Lipinski definition) is 3. The molecule has 0 fully saturated rings. The molecule has 1 amide bonds. The van der Waals surface area contributed by atoms with Gasteiger partial charge in [0.1, 0.15) is 11.6 Å². The number of halogens is 2. The van der Waals surface area contributed by atoms with Crippen molar-refractivity contribution >= 4 is 5.91 Å². The highest BCUT2D eigenvalue weighted by Crippen LogP contribution is 2.25. The van der Waals surface area contributed by atoms with Crippen molar-refractivity contribution in [1.29, 1.82) is 0 Å². The maximum atomic E-state index is 13.6. The van der Waals surface area contributed by atoms with E-state index >= 15 is 0 Å². The van der Waals surface area contributed by atoms with Crippen LogP contribution in [0, 0.1) is 17.0 Å². The van der Waals surface area contributed by atoms with Crippen LogP contribution in [0.3, 0.4) is 0 Å². The third-order valence-electron chi connectivity index (χ3n) is 5.71. The van der Waals surface area contributed by atoms with E-state index in [0.29, 0.717) is 12.1 Å². The van der Waals surface area contributed by atoms with Gasteiger partial charge in [-0.3, -0.25) is 4.79 Å². The number of rotatable bonds is 10. The minimum Gasteiger partial charge on any atom is -0.390 e. The molecule has 0 aliphatic rings. The lowest BCUT2D eigenvalue weighted by Gasteiger charge is -2.25. The van der Waals surface area contributed by atoms with Crippen LogP contribution in [0.2, 0.25) is 0 Å². The van der Waals surface area contributed by atoms with Crippen molar-refractivity contribution in [2.75, 3.05) is 6.54 Å². The topological polar surface area (TPSA) is 66.3 Å². The van der Waals surface area contributed by atoms with Crippen LogP contribution in [-0.2, 0) is 24.2 Å². The first kappa shape index (κ1) is 26.6. The fourth-order valence-electron chi connectivity index (χ4n) is 4.21. The van der Waals surface area contributed by atoms with Crippen LogP contribution < -0.4 is 10.6 Å². The number of nitrogens with zero attached hydrogens (tertiary/aromatic N) is 1. The third-order valence-corrected chi connectivity index (χ3v) is 5.71. The number of aliphatic hydroxyl groups excluding tert-OH is 1. The molecule has 1 aromatic heterocycles. The number of nitrogens with one attached hydrogen (secondary N) is 2. The lowest BCUT2D eigenvalue weighted by atomic mass is 9.86. The molecule has 5 nitrogen and oxygen atoms in total. The summed E-state index contributed by atoms with van der Waals surface area (Å²) in [6.07, 6.45) is 4.04. The van der Waals surface area contributed by atoms with Crippen molar-refractivity contribution in [3.63, 3.8) is 0 Å². The van der Waals surface area contributed by atoms with Crippen molar-refractivity contribution in [3.8, 4) is 5.69 Å². The Balaban J connectivity index is 1.72. The van der Waals surface area contributed by atoms with Gasteiger partial charge in [-0.05, 0) is 71.3 Å². The molecule has 1 heterocycles. The first-order valence-electron chi connectivity index (χ1n) is 11.9. The average Bonchev–Trinajstić information content (AvgIpc) is 3.27. The van der Waals surface area contributed by atoms with E-state index in [0.717, 1.165) is 23.7 Å². The Hall–Kier alpha value is -3.03. The van der Waals surface area contributed by atoms with E-state index in [1.807, 2.05) is 29.1 Å². The molecular formula is C28H35F2N3O2. The third kappa shape index (κ3) is 8.30. The van der Waals surface area contributed by atoms with E-state index in [1.54, 1.807) is 0 Å². The zero-order valence-corrected chi connectivity index (χ0v) is 20.8. The van der Waals surface area contributed by atoms with Crippen molar-refractivity contribution in [2.45, 2.75) is 59.2 Å². The van der Waals surface area contributed by atoms with Gasteiger partial charge in [0.15, 0.2) is 0 Å². The van der Waals surface area contributed by atoms with Crippen molar-refractivity contribution < 1.29 is 18.7 Å². The number of aliphatic hydroxyl groups is 1. The van der Waals surface area contributed by atoms with Crippen molar-refractivity contribution in [2.24, 2.45) is 5.41 Å². The molecule has 3 rings (SSSR count). The Morgan fingerprint density at radius 3 is 2.29 bits per heavy atom. The summed E-state index contributed by atoms with van der Waals surface area (Å²) in [6.45, 7) is 8.67. The van der Waals surface area contributed by atoms with Crippen LogP contribution in [0.4, 0.5) is 8.78 Å². The smallest absolute Gasteiger partial charge is 0.217 e. The van der Waals surface area contributed by atoms with Crippen molar-refractivity contribution in [3.05, 3.63) is 89.2 Å². The van der Waals surface area contributed by atoms with Gasteiger partial charge in [-0.2, -0.15) is 0 Å². The first-order chi connectivity index (χ1) is 16.5. The van der Waals surface area contributed by atoms with Crippen LogP contribution in [-0.4, -0.2) is 34.3 Å². The average molecular weight is 484 g/mol. The van der Waals surface area contributed by atoms with E-state index in [2.05, 4.69) is 49.6 Å². The molecule has 2 aromatic carbocycles. The summed E-state index contributed by atoms with van der Waals surface area (Å²) < 4.78 is 29.3. The molecule has 2 unspecified atom stereocenters. The molecular weight excluding hydrogens is 448 g/mol. The highest BCUT2D eigenvalue weighted by atomic mass is 19.1.